The number of phenols is 2. The van der Waals surface area contributed by atoms with Crippen LogP contribution >= 0.6 is 0 Å². The summed E-state index contributed by atoms with van der Waals surface area (Å²) >= 11 is 0. The van der Waals surface area contributed by atoms with Crippen molar-refractivity contribution < 1.29 is 10.2 Å². The van der Waals surface area contributed by atoms with Gasteiger partial charge in [0, 0.05) is 22.3 Å². The van der Waals surface area contributed by atoms with Crippen molar-refractivity contribution in [1.82, 2.24) is 0 Å². The zero-order valence-corrected chi connectivity index (χ0v) is 27.7. The molecule has 0 aliphatic rings. The van der Waals surface area contributed by atoms with Crippen molar-refractivity contribution in [3.05, 3.63) is 71.8 Å². The molecule has 0 amide bonds. The Balaban J connectivity index is 1.85. The van der Waals surface area contributed by atoms with Crippen molar-refractivity contribution in [3.8, 4) is 45.6 Å². The summed E-state index contributed by atoms with van der Waals surface area (Å²) in [4.78, 5) is 0. The summed E-state index contributed by atoms with van der Waals surface area (Å²) in [5, 5.41) is 26.2. The third kappa shape index (κ3) is 5.71. The average Bonchev–Trinajstić information content (AvgIpc) is 2.85. The molecule has 4 aromatic carbocycles. The topological polar surface area (TPSA) is 40.5 Å². The van der Waals surface area contributed by atoms with Gasteiger partial charge >= 0.3 is 0 Å². The van der Waals surface area contributed by atoms with Crippen LogP contribution in [0, 0.1) is 22.9 Å². The van der Waals surface area contributed by atoms with Crippen LogP contribution in [0.5, 0.6) is 11.5 Å². The predicted molar refractivity (Wildman–Crippen MR) is 178 cm³/mol. The van der Waals surface area contributed by atoms with Crippen LogP contribution in [-0.2, 0) is 0 Å². The van der Waals surface area contributed by atoms with Gasteiger partial charge < -0.3 is 10.2 Å². The van der Waals surface area contributed by atoms with Gasteiger partial charge in [0.05, 0.1) is 0 Å². The van der Waals surface area contributed by atoms with Gasteiger partial charge in [0.2, 0.25) is 0 Å². The molecule has 0 fully saturated rings. The Hall–Kier alpha value is -3.45. The monoisotopic (exact) mass is 562 g/mol. The summed E-state index contributed by atoms with van der Waals surface area (Å²) in [6, 6.07) is 19.5. The van der Waals surface area contributed by atoms with Crippen LogP contribution in [0.4, 0.5) is 0 Å². The molecule has 0 heterocycles. The second-order valence-electron chi connectivity index (χ2n) is 14.0. The second-order valence-corrected chi connectivity index (χ2v) is 24.0. The van der Waals surface area contributed by atoms with Crippen LogP contribution in [0.15, 0.2) is 60.7 Å². The van der Waals surface area contributed by atoms with Gasteiger partial charge in [0.25, 0.3) is 0 Å². The molecule has 0 aliphatic heterocycles. The zero-order valence-electron chi connectivity index (χ0n) is 25.7. The Morgan fingerprint density at radius 1 is 0.525 bits per heavy atom. The molecule has 0 atom stereocenters. The summed E-state index contributed by atoms with van der Waals surface area (Å²) < 4.78 is 0. The van der Waals surface area contributed by atoms with E-state index in [4.69, 9.17) is 0 Å². The fourth-order valence-corrected chi connectivity index (χ4v) is 5.81. The van der Waals surface area contributed by atoms with Gasteiger partial charge in [0.15, 0.2) is 0 Å². The van der Waals surface area contributed by atoms with E-state index in [1.54, 1.807) is 12.1 Å². The number of fused-ring (bicyclic) bond motifs is 2. The van der Waals surface area contributed by atoms with Crippen LogP contribution in [0.1, 0.15) is 52.7 Å². The Kier molecular flexibility index (Phi) is 7.52. The van der Waals surface area contributed by atoms with E-state index in [1.807, 2.05) is 36.4 Å². The lowest BCUT2D eigenvalue weighted by Gasteiger charge is -2.31. The average molecular weight is 563 g/mol. The number of rotatable bonds is 1. The maximum absolute atomic E-state index is 11.1. The van der Waals surface area contributed by atoms with Crippen molar-refractivity contribution in [2.45, 2.75) is 77.8 Å². The van der Waals surface area contributed by atoms with E-state index in [-0.39, 0.29) is 21.6 Å². The summed E-state index contributed by atoms with van der Waals surface area (Å²) in [5.74, 6) is 7.12. The molecule has 0 saturated carbocycles. The predicted octanol–water partition coefficient (Wildman–Crippen LogP) is 9.87. The number of benzene rings is 4. The lowest BCUT2D eigenvalue weighted by Crippen LogP contribution is -2.35. The SMILES string of the molecule is CC(C)(C)[Si](C)(C)C#Cc1ccc2c(-c3c(O)ccc4cc(C#C[Si](C)(C)C(C)(C)C)ccc34)c(O)ccc2c1. The van der Waals surface area contributed by atoms with E-state index in [1.165, 1.54) is 0 Å². The van der Waals surface area contributed by atoms with E-state index in [2.05, 4.69) is 103 Å². The lowest BCUT2D eigenvalue weighted by atomic mass is 9.91. The van der Waals surface area contributed by atoms with Crippen molar-refractivity contribution >= 4 is 37.7 Å². The Morgan fingerprint density at radius 2 is 0.875 bits per heavy atom. The molecule has 0 spiro atoms. The van der Waals surface area contributed by atoms with E-state index in [0.717, 1.165) is 32.7 Å². The minimum atomic E-state index is -1.74. The van der Waals surface area contributed by atoms with Crippen molar-refractivity contribution in [1.29, 1.82) is 0 Å². The van der Waals surface area contributed by atoms with Gasteiger partial charge in [-0.3, -0.25) is 0 Å². The zero-order chi connectivity index (χ0) is 29.7. The molecule has 2 N–H and O–H groups in total. The highest BCUT2D eigenvalue weighted by Crippen LogP contribution is 2.45. The van der Waals surface area contributed by atoms with Crippen molar-refractivity contribution in [2.75, 3.05) is 0 Å². The molecule has 0 aromatic heterocycles. The third-order valence-electron chi connectivity index (χ3n) is 9.03. The first-order valence-electron chi connectivity index (χ1n) is 14.0. The summed E-state index contributed by atoms with van der Waals surface area (Å²) in [7, 11) is -3.48. The minimum Gasteiger partial charge on any atom is -0.507 e. The molecule has 0 bridgehead atoms. The first-order valence-corrected chi connectivity index (χ1v) is 20.0. The van der Waals surface area contributed by atoms with E-state index in [9.17, 15) is 10.2 Å². The second kappa shape index (κ2) is 10.2. The normalized spacial score (nSPS) is 12.6. The van der Waals surface area contributed by atoms with Gasteiger partial charge in [0.1, 0.15) is 27.6 Å². The smallest absolute Gasteiger partial charge is 0.138 e. The molecule has 206 valence electrons. The maximum Gasteiger partial charge on any atom is 0.138 e. The van der Waals surface area contributed by atoms with Gasteiger partial charge in [-0.2, -0.15) is 0 Å². The molecule has 40 heavy (non-hydrogen) atoms. The maximum atomic E-state index is 11.1. The van der Waals surface area contributed by atoms with Crippen LogP contribution in [0.2, 0.25) is 36.3 Å². The van der Waals surface area contributed by atoms with Gasteiger partial charge in [-0.25, -0.2) is 0 Å². The number of hydrogen-bond acceptors (Lipinski definition) is 2. The van der Waals surface area contributed by atoms with Gasteiger partial charge in [-0.15, -0.1) is 11.1 Å². The van der Waals surface area contributed by atoms with Gasteiger partial charge in [-0.1, -0.05) is 104 Å². The highest BCUT2D eigenvalue weighted by Gasteiger charge is 2.34. The highest BCUT2D eigenvalue weighted by atomic mass is 28.3. The Labute approximate surface area is 242 Å². The first-order chi connectivity index (χ1) is 18.4. The molecule has 0 saturated heterocycles. The van der Waals surface area contributed by atoms with Crippen LogP contribution in [-0.4, -0.2) is 26.4 Å². The summed E-state index contributed by atoms with van der Waals surface area (Å²) in [5.41, 5.74) is 10.4. The Bertz CT molecular complexity index is 1610. The quantitative estimate of drug-likeness (QED) is 0.179. The molecule has 2 nitrogen and oxygen atoms in total. The standard InChI is InChI=1S/C36H42O2Si2/c1-35(2,3)39(7,8)21-19-25-11-15-29-27(23-25)13-17-31(37)33(29)34-30-16-12-26(24-28(30)14-18-32(34)38)20-22-40(9,10)36(4,5)6/h11-18,23-24,37-38H,1-10H3. The lowest BCUT2D eigenvalue weighted by molar-refractivity contribution is 0.470. The molecule has 0 aliphatic carbocycles. The molecule has 0 radical (unpaired) electrons. The molecular weight excluding hydrogens is 521 g/mol. The molecular formula is C36H42O2Si2. The fourth-order valence-electron chi connectivity index (χ4n) is 4.15. The first kappa shape index (κ1) is 29.5. The largest absolute Gasteiger partial charge is 0.507 e. The fraction of sp³-hybridized carbons (Fsp3) is 0.333. The summed E-state index contributed by atoms with van der Waals surface area (Å²) in [6.07, 6.45) is 0. The van der Waals surface area contributed by atoms with Crippen LogP contribution < -0.4 is 0 Å². The summed E-state index contributed by atoms with van der Waals surface area (Å²) in [6.45, 7) is 22.8. The van der Waals surface area contributed by atoms with Crippen molar-refractivity contribution in [2.24, 2.45) is 0 Å². The molecule has 4 rings (SSSR count). The van der Waals surface area contributed by atoms with Crippen molar-refractivity contribution in [3.63, 3.8) is 0 Å². The Morgan fingerprint density at radius 3 is 1.20 bits per heavy atom. The van der Waals surface area contributed by atoms with Crippen LogP contribution in [0.3, 0.4) is 0 Å². The number of phenolic OH excluding ortho intramolecular Hbond substituents is 2. The highest BCUT2D eigenvalue weighted by molar-refractivity contribution is 6.88. The molecule has 4 heteroatoms. The van der Waals surface area contributed by atoms with E-state index < -0.39 is 16.1 Å². The molecule has 4 aromatic rings. The van der Waals surface area contributed by atoms with Crippen LogP contribution in [0.25, 0.3) is 32.7 Å². The number of hydrogen-bond donors (Lipinski definition) is 2. The minimum absolute atomic E-state index is 0.136. The number of aromatic hydroxyl groups is 2. The molecule has 0 unspecified atom stereocenters. The van der Waals surface area contributed by atoms with Gasteiger partial charge in [-0.05, 0) is 68.0 Å². The van der Waals surface area contributed by atoms with E-state index >= 15 is 0 Å². The third-order valence-corrected chi connectivity index (χ3v) is 18.0. The van der Waals surface area contributed by atoms with E-state index in [0.29, 0.717) is 11.1 Å².